The molecule has 0 radical (unpaired) electrons. The van der Waals surface area contributed by atoms with E-state index in [0.717, 1.165) is 5.56 Å². The highest BCUT2D eigenvalue weighted by atomic mass is 35.5. The van der Waals surface area contributed by atoms with Gasteiger partial charge in [-0.05, 0) is 24.5 Å². The number of benzene rings is 1. The predicted molar refractivity (Wildman–Crippen MR) is 110 cm³/mol. The van der Waals surface area contributed by atoms with Gasteiger partial charge < -0.3 is 25.1 Å². The molecule has 7 nitrogen and oxygen atoms in total. The Morgan fingerprint density at radius 1 is 1.21 bits per heavy atom. The van der Waals surface area contributed by atoms with Crippen molar-refractivity contribution >= 4 is 35.0 Å². The van der Waals surface area contributed by atoms with Crippen molar-refractivity contribution in [2.75, 3.05) is 26.4 Å². The largest absolute Gasteiger partial charge is 0.376 e. The number of halogens is 2. The topological polar surface area (TPSA) is 92.5 Å². The highest BCUT2D eigenvalue weighted by molar-refractivity contribution is 6.41. The number of rotatable bonds is 8. The molecule has 1 aliphatic heterocycles. The van der Waals surface area contributed by atoms with Crippen molar-refractivity contribution in [3.05, 3.63) is 57.8 Å². The minimum absolute atomic E-state index is 0.177. The van der Waals surface area contributed by atoms with Crippen LogP contribution in [-0.4, -0.2) is 55.3 Å². The van der Waals surface area contributed by atoms with Crippen LogP contribution < -0.4 is 10.6 Å². The summed E-state index contributed by atoms with van der Waals surface area (Å²) in [5, 5.41) is 6.03. The quantitative estimate of drug-likeness (QED) is 0.589. The number of amides is 2. The first-order valence-electron chi connectivity index (χ1n) is 9.39. The Morgan fingerprint density at radius 2 is 2.00 bits per heavy atom. The first-order chi connectivity index (χ1) is 14.0. The number of ether oxygens (including phenoxy) is 2. The number of H-pyrrole nitrogens is 1. The van der Waals surface area contributed by atoms with Crippen molar-refractivity contribution in [2.45, 2.75) is 25.0 Å². The molecule has 9 heteroatoms. The smallest absolute Gasteiger partial charge is 0.268 e. The molecule has 2 atom stereocenters. The number of aryl methyl sites for hydroxylation is 1. The zero-order valence-corrected chi connectivity index (χ0v) is 17.3. The molecule has 2 aromatic rings. The summed E-state index contributed by atoms with van der Waals surface area (Å²) in [5.74, 6) is -0.739. The van der Waals surface area contributed by atoms with Crippen LogP contribution in [0.1, 0.15) is 22.5 Å². The van der Waals surface area contributed by atoms with E-state index in [9.17, 15) is 9.59 Å². The van der Waals surface area contributed by atoms with E-state index in [-0.39, 0.29) is 27.9 Å². The number of hydrogen-bond donors (Lipinski definition) is 3. The van der Waals surface area contributed by atoms with Crippen LogP contribution in [0.25, 0.3) is 0 Å². The van der Waals surface area contributed by atoms with Gasteiger partial charge in [0.2, 0.25) is 5.91 Å². The minimum atomic E-state index is -0.729. The summed E-state index contributed by atoms with van der Waals surface area (Å²) in [7, 11) is 0. The van der Waals surface area contributed by atoms with Gasteiger partial charge in [-0.2, -0.15) is 0 Å². The number of aromatic amines is 1. The SMILES string of the molecule is O=C(N[C@@H](CCc1ccccc1)C(=O)NC[C@@H]1COCCO1)c1cc(Cl)c(Cl)[nH]1. The molecule has 156 valence electrons. The van der Waals surface area contributed by atoms with Gasteiger partial charge in [0.1, 0.15) is 16.9 Å². The summed E-state index contributed by atoms with van der Waals surface area (Å²) >= 11 is 11.8. The number of hydrogen-bond acceptors (Lipinski definition) is 4. The molecule has 1 aromatic heterocycles. The second-order valence-corrected chi connectivity index (χ2v) is 7.49. The van der Waals surface area contributed by atoms with E-state index in [4.69, 9.17) is 32.7 Å². The average molecular weight is 440 g/mol. The van der Waals surface area contributed by atoms with Crippen LogP contribution in [0.4, 0.5) is 0 Å². The van der Waals surface area contributed by atoms with Crippen LogP contribution >= 0.6 is 23.2 Å². The number of carbonyl (C=O) groups excluding carboxylic acids is 2. The zero-order valence-electron chi connectivity index (χ0n) is 15.8. The van der Waals surface area contributed by atoms with Gasteiger partial charge in [-0.15, -0.1) is 0 Å². The Kier molecular flexibility index (Phi) is 7.94. The molecule has 0 saturated carbocycles. The number of nitrogens with one attached hydrogen (secondary N) is 3. The van der Waals surface area contributed by atoms with E-state index in [0.29, 0.717) is 39.2 Å². The highest BCUT2D eigenvalue weighted by Gasteiger charge is 2.24. The van der Waals surface area contributed by atoms with Crippen molar-refractivity contribution in [1.29, 1.82) is 0 Å². The first kappa shape index (κ1) is 21.6. The fourth-order valence-electron chi connectivity index (χ4n) is 2.98. The normalized spacial score (nSPS) is 17.5. The third kappa shape index (κ3) is 6.47. The Balaban J connectivity index is 1.62. The Labute approximate surface area is 179 Å². The predicted octanol–water partition coefficient (Wildman–Crippen LogP) is 2.58. The maximum Gasteiger partial charge on any atom is 0.268 e. The fraction of sp³-hybridized carbons (Fsp3) is 0.400. The van der Waals surface area contributed by atoms with E-state index in [2.05, 4.69) is 15.6 Å². The molecule has 2 amide bonds. The molecule has 0 bridgehead atoms. The summed E-state index contributed by atoms with van der Waals surface area (Å²) in [6, 6.07) is 10.5. The molecule has 0 unspecified atom stereocenters. The second kappa shape index (κ2) is 10.6. The summed E-state index contributed by atoms with van der Waals surface area (Å²) in [5.41, 5.74) is 1.27. The van der Waals surface area contributed by atoms with Gasteiger partial charge in [0, 0.05) is 6.54 Å². The second-order valence-electron chi connectivity index (χ2n) is 6.71. The van der Waals surface area contributed by atoms with Gasteiger partial charge >= 0.3 is 0 Å². The minimum Gasteiger partial charge on any atom is -0.376 e. The molecule has 29 heavy (non-hydrogen) atoms. The van der Waals surface area contributed by atoms with E-state index < -0.39 is 11.9 Å². The van der Waals surface area contributed by atoms with Crippen LogP contribution in [0.5, 0.6) is 0 Å². The molecular formula is C20H23Cl2N3O4. The summed E-state index contributed by atoms with van der Waals surface area (Å²) in [6.45, 7) is 1.81. The maximum absolute atomic E-state index is 12.8. The van der Waals surface area contributed by atoms with Crippen LogP contribution in [-0.2, 0) is 20.7 Å². The Hall–Kier alpha value is -2.06. The lowest BCUT2D eigenvalue weighted by molar-refractivity contribution is -0.125. The van der Waals surface area contributed by atoms with E-state index in [1.54, 1.807) is 0 Å². The van der Waals surface area contributed by atoms with Crippen molar-refractivity contribution in [1.82, 2.24) is 15.6 Å². The summed E-state index contributed by atoms with van der Waals surface area (Å²) in [4.78, 5) is 28.0. The Bertz CT molecular complexity index is 803. The molecule has 3 N–H and O–H groups in total. The van der Waals surface area contributed by atoms with E-state index in [1.807, 2.05) is 30.3 Å². The van der Waals surface area contributed by atoms with Crippen molar-refractivity contribution in [3.8, 4) is 0 Å². The lowest BCUT2D eigenvalue weighted by Gasteiger charge is -2.24. The zero-order chi connectivity index (χ0) is 20.6. The standard InChI is InChI=1S/C20H23Cl2N3O4/c21-15-10-17(24-18(15)22)20(27)25-16(7-6-13-4-2-1-3-5-13)19(26)23-11-14-12-28-8-9-29-14/h1-5,10,14,16,24H,6-9,11-12H2,(H,23,26)(H,25,27)/t14-,16+/m1/s1. The molecule has 1 aliphatic rings. The van der Waals surface area contributed by atoms with Crippen molar-refractivity contribution in [2.24, 2.45) is 0 Å². The molecule has 0 spiro atoms. The number of carbonyl (C=O) groups is 2. The molecular weight excluding hydrogens is 417 g/mol. The summed E-state index contributed by atoms with van der Waals surface area (Å²) < 4.78 is 10.9. The maximum atomic E-state index is 12.8. The van der Waals surface area contributed by atoms with Gasteiger partial charge in [-0.25, -0.2) is 0 Å². The van der Waals surface area contributed by atoms with Crippen LogP contribution in [0.15, 0.2) is 36.4 Å². The molecule has 3 rings (SSSR count). The molecule has 1 aromatic carbocycles. The average Bonchev–Trinajstić information content (AvgIpc) is 3.09. The Morgan fingerprint density at radius 3 is 2.66 bits per heavy atom. The van der Waals surface area contributed by atoms with Crippen LogP contribution in [0.3, 0.4) is 0 Å². The van der Waals surface area contributed by atoms with Gasteiger partial charge in [0.15, 0.2) is 0 Å². The van der Waals surface area contributed by atoms with Crippen molar-refractivity contribution < 1.29 is 19.1 Å². The third-order valence-corrected chi connectivity index (χ3v) is 5.24. The molecule has 1 fully saturated rings. The lowest BCUT2D eigenvalue weighted by Crippen LogP contribution is -2.49. The van der Waals surface area contributed by atoms with Gasteiger partial charge in [-0.1, -0.05) is 53.5 Å². The van der Waals surface area contributed by atoms with Gasteiger partial charge in [0.25, 0.3) is 5.91 Å². The molecule has 1 saturated heterocycles. The third-order valence-electron chi connectivity index (χ3n) is 4.55. The van der Waals surface area contributed by atoms with Crippen molar-refractivity contribution in [3.63, 3.8) is 0 Å². The van der Waals surface area contributed by atoms with Crippen LogP contribution in [0.2, 0.25) is 10.2 Å². The number of aromatic nitrogens is 1. The molecule has 2 heterocycles. The lowest BCUT2D eigenvalue weighted by atomic mass is 10.0. The van der Waals surface area contributed by atoms with Crippen LogP contribution in [0, 0.1) is 0 Å². The molecule has 0 aliphatic carbocycles. The highest BCUT2D eigenvalue weighted by Crippen LogP contribution is 2.21. The van der Waals surface area contributed by atoms with E-state index >= 15 is 0 Å². The monoisotopic (exact) mass is 439 g/mol. The fourth-order valence-corrected chi connectivity index (χ4v) is 3.29. The first-order valence-corrected chi connectivity index (χ1v) is 10.1. The van der Waals surface area contributed by atoms with Gasteiger partial charge in [-0.3, -0.25) is 9.59 Å². The van der Waals surface area contributed by atoms with Gasteiger partial charge in [0.05, 0.1) is 30.9 Å². The summed E-state index contributed by atoms with van der Waals surface area (Å²) in [6.07, 6.45) is 0.875. The van der Waals surface area contributed by atoms with E-state index in [1.165, 1.54) is 6.07 Å².